The molecular weight excluding hydrogens is 634 g/mol. The first-order chi connectivity index (χ1) is 23.6. The van der Waals surface area contributed by atoms with Crippen molar-refractivity contribution in [1.82, 2.24) is 15.5 Å². The number of aliphatic hydroxyl groups excluding tert-OH is 1. The number of hydrogen-bond donors (Lipinski definition) is 3. The van der Waals surface area contributed by atoms with Crippen molar-refractivity contribution in [2.24, 2.45) is 56.7 Å². The summed E-state index contributed by atoms with van der Waals surface area (Å²) in [4.78, 5) is 40.1. The number of carbonyl (C=O) groups is 3. The third kappa shape index (κ3) is 4.67. The van der Waals surface area contributed by atoms with Gasteiger partial charge in [0.25, 0.3) is 0 Å². The topological polar surface area (TPSA) is 126 Å². The zero-order valence-corrected chi connectivity index (χ0v) is 31.6. The Kier molecular flexibility index (Phi) is 8.20. The van der Waals surface area contributed by atoms with Gasteiger partial charge in [0.05, 0.1) is 18.3 Å². The Morgan fingerprint density at radius 3 is 2.40 bits per heavy atom. The number of nitrogens with zero attached hydrogens (tertiary/aromatic N) is 1. The van der Waals surface area contributed by atoms with Gasteiger partial charge in [-0.25, -0.2) is 9.59 Å². The third-order valence-electron chi connectivity index (χ3n) is 17.0. The summed E-state index contributed by atoms with van der Waals surface area (Å²) in [5.41, 5.74) is -0.112. The number of hydrogen-bond acceptors (Lipinski definition) is 7. The lowest BCUT2D eigenvalue weighted by Crippen LogP contribution is -2.60. The first kappa shape index (κ1) is 35.0. The van der Waals surface area contributed by atoms with Crippen LogP contribution in [0.2, 0.25) is 0 Å². The van der Waals surface area contributed by atoms with E-state index < -0.39 is 18.2 Å². The summed E-state index contributed by atoms with van der Waals surface area (Å²) in [5.74, 6) is 1.45. The number of alkyl carbamates (subject to hydrolysis) is 1. The highest BCUT2D eigenvalue weighted by molar-refractivity contribution is 5.86. The van der Waals surface area contributed by atoms with Crippen molar-refractivity contribution in [3.05, 3.63) is 0 Å². The quantitative estimate of drug-likeness (QED) is 0.320. The molecule has 5 aliphatic carbocycles. The standard InChI is InChI=1S/C40H63N3O7/c1-22(2)30(50-35(47)43-18-9-19-43)25-20-23(3)29-31(48-25)32(44)38(7)27-12-11-26-36(4,5)28(49-34(46)42-24-10-8-17-41-33(24)45)13-14-39(26)21-40(27,39)16-15-37(29,38)6/h22-32,44H,8-21H2,1-7H3,(H,41,45)(H,42,46)/t23-,24-,25-,26+,27+,28+,29+,30-,31+,32+,37-,38-,39-,40+/m1/s1. The molecule has 0 unspecified atom stereocenters. The molecule has 0 radical (unpaired) electrons. The average molecular weight is 698 g/mol. The molecule has 50 heavy (non-hydrogen) atoms. The number of piperidine rings is 1. The fourth-order valence-electron chi connectivity index (χ4n) is 14.3. The maximum atomic E-state index is 13.1. The van der Waals surface area contributed by atoms with Crippen molar-refractivity contribution in [1.29, 1.82) is 0 Å². The van der Waals surface area contributed by atoms with Crippen LogP contribution in [0, 0.1) is 56.7 Å². The van der Waals surface area contributed by atoms with Crippen LogP contribution >= 0.6 is 0 Å². The first-order valence-electron chi connectivity index (χ1n) is 20.1. The van der Waals surface area contributed by atoms with Crippen LogP contribution in [0.4, 0.5) is 9.59 Å². The average Bonchev–Trinajstić information content (AvgIpc) is 3.66. The minimum atomic E-state index is -0.577. The number of aliphatic hydroxyl groups is 1. The summed E-state index contributed by atoms with van der Waals surface area (Å²) >= 11 is 0. The fraction of sp³-hybridized carbons (Fsp3) is 0.925. The Balaban J connectivity index is 1.00. The molecule has 3 heterocycles. The third-order valence-corrected chi connectivity index (χ3v) is 17.0. The van der Waals surface area contributed by atoms with Crippen LogP contribution in [0.3, 0.4) is 0 Å². The Hall–Kier alpha value is -2.07. The smallest absolute Gasteiger partial charge is 0.410 e. The molecule has 3 N–H and O–H groups in total. The van der Waals surface area contributed by atoms with Gasteiger partial charge in [-0.1, -0.05) is 48.5 Å². The maximum Gasteiger partial charge on any atom is 0.410 e. The highest BCUT2D eigenvalue weighted by atomic mass is 16.6. The van der Waals surface area contributed by atoms with E-state index in [4.69, 9.17) is 14.2 Å². The molecule has 8 fully saturated rings. The van der Waals surface area contributed by atoms with Gasteiger partial charge in [0.1, 0.15) is 18.2 Å². The normalized spacial score (nSPS) is 49.1. The Morgan fingerprint density at radius 1 is 1.00 bits per heavy atom. The van der Waals surface area contributed by atoms with Crippen LogP contribution in [0.25, 0.3) is 0 Å². The van der Waals surface area contributed by atoms with E-state index in [1.165, 1.54) is 12.8 Å². The minimum Gasteiger partial charge on any atom is -0.446 e. The highest BCUT2D eigenvalue weighted by Crippen LogP contribution is 2.89. The van der Waals surface area contributed by atoms with E-state index >= 15 is 0 Å². The van der Waals surface area contributed by atoms with Gasteiger partial charge in [-0.3, -0.25) is 4.79 Å². The van der Waals surface area contributed by atoms with Crippen LogP contribution in [-0.4, -0.2) is 84.3 Å². The molecular formula is C40H63N3O7. The molecule has 280 valence electrons. The van der Waals surface area contributed by atoms with Gasteiger partial charge in [0.15, 0.2) is 0 Å². The molecule has 14 atom stereocenters. The number of likely N-dealkylation sites (tertiary alicyclic amines) is 1. The van der Waals surface area contributed by atoms with Gasteiger partial charge in [0, 0.05) is 30.5 Å². The van der Waals surface area contributed by atoms with Gasteiger partial charge in [-0.05, 0) is 116 Å². The fourth-order valence-corrected chi connectivity index (χ4v) is 14.3. The van der Waals surface area contributed by atoms with Crippen molar-refractivity contribution in [3.8, 4) is 0 Å². The second-order valence-electron chi connectivity index (χ2n) is 19.5. The lowest BCUT2D eigenvalue weighted by atomic mass is 9.41. The number of nitrogens with one attached hydrogen (secondary N) is 2. The molecule has 0 aromatic carbocycles. The minimum absolute atomic E-state index is 0.0467. The second kappa shape index (κ2) is 11.7. The molecule has 3 aliphatic heterocycles. The molecule has 5 saturated carbocycles. The van der Waals surface area contributed by atoms with E-state index in [0.717, 1.165) is 64.5 Å². The van der Waals surface area contributed by atoms with Gasteiger partial charge < -0.3 is 34.9 Å². The van der Waals surface area contributed by atoms with Gasteiger partial charge in [0.2, 0.25) is 5.91 Å². The molecule has 0 aromatic rings. The zero-order chi connectivity index (χ0) is 35.6. The van der Waals surface area contributed by atoms with Crippen LogP contribution in [0.1, 0.15) is 119 Å². The molecule has 3 saturated heterocycles. The molecule has 0 bridgehead atoms. The number of ether oxygens (including phenoxy) is 3. The van der Waals surface area contributed by atoms with E-state index in [2.05, 4.69) is 59.1 Å². The largest absolute Gasteiger partial charge is 0.446 e. The summed E-state index contributed by atoms with van der Waals surface area (Å²) in [6, 6.07) is -0.520. The molecule has 2 spiro atoms. The highest BCUT2D eigenvalue weighted by Gasteiger charge is 2.84. The SMILES string of the molecule is CC(C)[C@@H](OC(=O)N1CCC1)[C@H]1C[C@@H](C)[C@H]2[C@H](O1)[C@H](O)[C@@]1(C)[C@@H]3CC[C@H]4C(C)(C)[C@@H](OC(=O)N[C@@H]5CCCNC5=O)CC[C@@]45C[C@@]35CC[C@]21C. The Bertz CT molecular complexity index is 1400. The predicted molar refractivity (Wildman–Crippen MR) is 187 cm³/mol. The first-order valence-corrected chi connectivity index (χ1v) is 20.1. The number of carbonyl (C=O) groups excluding carboxylic acids is 3. The summed E-state index contributed by atoms with van der Waals surface area (Å²) in [5, 5.41) is 18.3. The van der Waals surface area contributed by atoms with Crippen LogP contribution in [0.5, 0.6) is 0 Å². The van der Waals surface area contributed by atoms with Gasteiger partial charge >= 0.3 is 12.2 Å². The van der Waals surface area contributed by atoms with Crippen molar-refractivity contribution in [2.75, 3.05) is 19.6 Å². The van der Waals surface area contributed by atoms with Crippen molar-refractivity contribution in [2.45, 2.75) is 156 Å². The van der Waals surface area contributed by atoms with Crippen LogP contribution in [0.15, 0.2) is 0 Å². The van der Waals surface area contributed by atoms with Gasteiger partial charge in [-0.15, -0.1) is 0 Å². The second-order valence-corrected chi connectivity index (χ2v) is 19.5. The predicted octanol–water partition coefficient (Wildman–Crippen LogP) is 6.04. The molecule has 3 amide bonds. The summed E-state index contributed by atoms with van der Waals surface area (Å²) in [6.45, 7) is 18.2. The molecule has 0 aromatic heterocycles. The van der Waals surface area contributed by atoms with Crippen molar-refractivity contribution >= 4 is 18.1 Å². The van der Waals surface area contributed by atoms with Crippen LogP contribution in [-0.2, 0) is 19.0 Å². The summed E-state index contributed by atoms with van der Waals surface area (Å²) in [7, 11) is 0. The maximum absolute atomic E-state index is 13.1. The van der Waals surface area contributed by atoms with E-state index in [1.807, 2.05) is 0 Å². The van der Waals surface area contributed by atoms with Crippen molar-refractivity contribution < 1.29 is 33.7 Å². The number of rotatable bonds is 5. The summed E-state index contributed by atoms with van der Waals surface area (Å²) < 4.78 is 19.3. The van der Waals surface area contributed by atoms with E-state index in [1.54, 1.807) is 4.90 Å². The Labute approximate surface area is 298 Å². The number of amides is 3. The monoisotopic (exact) mass is 697 g/mol. The van der Waals surface area contributed by atoms with Crippen LogP contribution < -0.4 is 10.6 Å². The lowest BCUT2D eigenvalue weighted by molar-refractivity contribution is -0.185. The van der Waals surface area contributed by atoms with E-state index in [-0.39, 0.29) is 75.3 Å². The van der Waals surface area contributed by atoms with Crippen molar-refractivity contribution in [3.63, 3.8) is 0 Å². The summed E-state index contributed by atoms with van der Waals surface area (Å²) in [6.07, 6.45) is 8.56. The zero-order valence-electron chi connectivity index (χ0n) is 31.6. The molecule has 10 heteroatoms. The van der Waals surface area contributed by atoms with E-state index in [9.17, 15) is 19.5 Å². The van der Waals surface area contributed by atoms with Gasteiger partial charge in [-0.2, -0.15) is 0 Å². The lowest BCUT2D eigenvalue weighted by Gasteiger charge is -2.63. The Morgan fingerprint density at radius 2 is 1.72 bits per heavy atom. The molecule has 8 rings (SSSR count). The number of fused-ring (bicyclic) bond motifs is 4. The van der Waals surface area contributed by atoms with E-state index in [0.29, 0.717) is 30.7 Å². The molecule has 10 nitrogen and oxygen atoms in total. The molecule has 8 aliphatic rings.